The number of hydrogen-bond acceptors (Lipinski definition) is 5. The molecule has 0 bridgehead atoms. The van der Waals surface area contributed by atoms with Crippen LogP contribution in [0.3, 0.4) is 0 Å². The number of hydrogen-bond donors (Lipinski definition) is 2. The lowest BCUT2D eigenvalue weighted by Crippen LogP contribution is -2.58. The first-order valence-corrected chi connectivity index (χ1v) is 17.4. The van der Waals surface area contributed by atoms with Crippen molar-refractivity contribution >= 4 is 63.6 Å². The third kappa shape index (κ3) is 6.85. The van der Waals surface area contributed by atoms with Gasteiger partial charge in [-0.05, 0) is 61.1 Å². The monoisotopic (exact) mass is 701 g/mol. The molecule has 1 aromatic heterocycles. The molecule has 7 rings (SSSR count). The van der Waals surface area contributed by atoms with Gasteiger partial charge in [-0.3, -0.25) is 14.4 Å². The van der Waals surface area contributed by atoms with Crippen LogP contribution in [-0.2, 0) is 38.7 Å². The molecule has 1 unspecified atom stereocenters. The van der Waals surface area contributed by atoms with Crippen molar-refractivity contribution in [1.82, 2.24) is 19.7 Å². The highest BCUT2D eigenvalue weighted by atomic mass is 35.5. The number of fused-ring (bicyclic) bond motifs is 3. The van der Waals surface area contributed by atoms with Gasteiger partial charge in [-0.15, -0.1) is 0 Å². The molecule has 2 saturated heterocycles. The molecule has 12 heteroatoms. The van der Waals surface area contributed by atoms with Crippen LogP contribution >= 0.6 is 23.2 Å². The number of para-hydroxylation sites is 1. The normalized spacial score (nSPS) is 20.6. The van der Waals surface area contributed by atoms with Crippen molar-refractivity contribution in [3.63, 3.8) is 0 Å². The Morgan fingerprint density at radius 3 is 2.43 bits per heavy atom. The van der Waals surface area contributed by atoms with Gasteiger partial charge in [0, 0.05) is 48.3 Å². The van der Waals surface area contributed by atoms with Crippen LogP contribution in [0.2, 0.25) is 10.0 Å². The summed E-state index contributed by atoms with van der Waals surface area (Å²) in [6, 6.07) is 20.2. The van der Waals surface area contributed by atoms with Gasteiger partial charge in [0.25, 0.3) is 0 Å². The van der Waals surface area contributed by atoms with E-state index in [1.807, 2.05) is 54.6 Å². The number of ether oxygens (including phenoxy) is 1. The highest BCUT2D eigenvalue weighted by Gasteiger charge is 2.44. The molecule has 0 saturated carbocycles. The molecule has 3 atom stereocenters. The van der Waals surface area contributed by atoms with Crippen molar-refractivity contribution in [3.8, 4) is 0 Å². The van der Waals surface area contributed by atoms with Crippen molar-refractivity contribution < 1.29 is 23.9 Å². The third-order valence-electron chi connectivity index (χ3n) is 9.83. The predicted octanol–water partition coefficient (Wildman–Crippen LogP) is 6.41. The van der Waals surface area contributed by atoms with Gasteiger partial charge in [0.15, 0.2) is 0 Å². The zero-order chi connectivity index (χ0) is 34.1. The van der Waals surface area contributed by atoms with Crippen LogP contribution in [0.25, 0.3) is 10.9 Å². The second kappa shape index (κ2) is 14.1. The Morgan fingerprint density at radius 1 is 0.837 bits per heavy atom. The fourth-order valence-electron chi connectivity index (χ4n) is 7.32. The molecular weight excluding hydrogens is 665 g/mol. The van der Waals surface area contributed by atoms with E-state index in [9.17, 15) is 19.2 Å². The van der Waals surface area contributed by atoms with Gasteiger partial charge in [0.1, 0.15) is 18.7 Å². The molecule has 254 valence electrons. The Morgan fingerprint density at radius 2 is 1.61 bits per heavy atom. The number of benzene rings is 3. The molecular formula is C37H37Cl2N5O5. The number of halogens is 2. The lowest BCUT2D eigenvalue weighted by Gasteiger charge is -2.39. The van der Waals surface area contributed by atoms with Crippen molar-refractivity contribution in [2.75, 3.05) is 25.0 Å². The first-order valence-electron chi connectivity index (χ1n) is 16.7. The van der Waals surface area contributed by atoms with Crippen molar-refractivity contribution in [2.24, 2.45) is 5.92 Å². The van der Waals surface area contributed by atoms with Gasteiger partial charge >= 0.3 is 12.0 Å². The number of aromatic nitrogens is 1. The average Bonchev–Trinajstić information content (AvgIpc) is 3.76. The summed E-state index contributed by atoms with van der Waals surface area (Å²) >= 11 is 12.3. The largest absolute Gasteiger partial charge is 0.461 e. The summed E-state index contributed by atoms with van der Waals surface area (Å²) in [5, 5.41) is 4.55. The van der Waals surface area contributed by atoms with E-state index < -0.39 is 24.0 Å². The number of amides is 4. The molecule has 3 aliphatic rings. The number of carbonyl (C=O) groups is 4. The molecule has 2 N–H and O–H groups in total. The molecule has 4 aromatic rings. The zero-order valence-corrected chi connectivity index (χ0v) is 28.4. The van der Waals surface area contributed by atoms with Crippen LogP contribution in [0.4, 0.5) is 10.5 Å². The van der Waals surface area contributed by atoms with E-state index in [0.717, 1.165) is 27.7 Å². The summed E-state index contributed by atoms with van der Waals surface area (Å²) in [7, 11) is 0. The summed E-state index contributed by atoms with van der Waals surface area (Å²) in [5.41, 5.74) is 4.14. The molecule has 4 amide bonds. The molecule has 0 aliphatic carbocycles. The number of aromatic amines is 1. The van der Waals surface area contributed by atoms with Crippen LogP contribution in [0.15, 0.2) is 72.8 Å². The highest BCUT2D eigenvalue weighted by molar-refractivity contribution is 6.42. The molecule has 2 fully saturated rings. The lowest BCUT2D eigenvalue weighted by molar-refractivity contribution is -0.155. The van der Waals surface area contributed by atoms with E-state index in [4.69, 9.17) is 27.9 Å². The second-order valence-corrected chi connectivity index (χ2v) is 13.8. The maximum Gasteiger partial charge on any atom is 0.322 e. The second-order valence-electron chi connectivity index (χ2n) is 12.9. The van der Waals surface area contributed by atoms with Gasteiger partial charge in [-0.1, -0.05) is 71.7 Å². The number of rotatable bonds is 6. The van der Waals surface area contributed by atoms with E-state index >= 15 is 0 Å². The number of nitrogens with one attached hydrogen (secondary N) is 2. The molecule has 49 heavy (non-hydrogen) atoms. The van der Waals surface area contributed by atoms with E-state index in [2.05, 4.69) is 10.3 Å². The SMILES string of the molecule is O=C(OCc1ccccc1)C1CCCN(C(=O)[C@@H]2CCCN2C(=O)[C@H]2Cc3c([nH]c4ccccc34)CN2C(=O)Nc2ccc(Cl)c(Cl)c2)C1. The lowest BCUT2D eigenvalue weighted by atomic mass is 9.95. The Bertz CT molecular complexity index is 1900. The van der Waals surface area contributed by atoms with E-state index in [-0.39, 0.29) is 37.5 Å². The van der Waals surface area contributed by atoms with Crippen molar-refractivity contribution in [2.45, 2.75) is 57.3 Å². The summed E-state index contributed by atoms with van der Waals surface area (Å²) < 4.78 is 5.60. The van der Waals surface area contributed by atoms with Gasteiger partial charge in [0.2, 0.25) is 11.8 Å². The van der Waals surface area contributed by atoms with Crippen molar-refractivity contribution in [3.05, 3.63) is 99.7 Å². The molecule has 0 spiro atoms. The number of carbonyl (C=O) groups excluding carboxylic acids is 4. The Labute approximate surface area is 294 Å². The third-order valence-corrected chi connectivity index (χ3v) is 10.6. The summed E-state index contributed by atoms with van der Waals surface area (Å²) in [6.45, 7) is 1.54. The number of likely N-dealkylation sites (tertiary alicyclic amines) is 2. The van der Waals surface area contributed by atoms with Gasteiger partial charge in [-0.2, -0.15) is 0 Å². The molecule has 0 radical (unpaired) electrons. The van der Waals surface area contributed by atoms with E-state index in [1.165, 1.54) is 4.90 Å². The molecule has 3 aliphatic heterocycles. The van der Waals surface area contributed by atoms with Crippen molar-refractivity contribution in [1.29, 1.82) is 0 Å². The first-order chi connectivity index (χ1) is 23.8. The molecule has 10 nitrogen and oxygen atoms in total. The topological polar surface area (TPSA) is 115 Å². The van der Waals surface area contributed by atoms with Crippen LogP contribution in [0, 0.1) is 5.92 Å². The quantitative estimate of drug-likeness (QED) is 0.226. The maximum absolute atomic E-state index is 14.5. The minimum atomic E-state index is -0.843. The molecule has 4 heterocycles. The number of nitrogens with zero attached hydrogens (tertiary/aromatic N) is 3. The number of anilines is 1. The Kier molecular flexibility index (Phi) is 9.51. The first kappa shape index (κ1) is 33.0. The van der Waals surface area contributed by atoms with Crippen LogP contribution < -0.4 is 5.32 Å². The van der Waals surface area contributed by atoms with Crippen LogP contribution in [0.1, 0.15) is 42.5 Å². The summed E-state index contributed by atoms with van der Waals surface area (Å²) in [5.74, 6) is -1.18. The fraction of sp³-hybridized carbons (Fsp3) is 0.351. The van der Waals surface area contributed by atoms with Gasteiger partial charge < -0.3 is 29.7 Å². The Balaban J connectivity index is 1.09. The number of piperidine rings is 1. The maximum atomic E-state index is 14.5. The molecule has 3 aromatic carbocycles. The number of H-pyrrole nitrogens is 1. The Hall–Kier alpha value is -4.54. The van der Waals surface area contributed by atoms with E-state index in [1.54, 1.807) is 28.0 Å². The van der Waals surface area contributed by atoms with Crippen LogP contribution in [0.5, 0.6) is 0 Å². The standard InChI is InChI=1S/C37H37Cl2N5O5/c38-28-15-14-25(18-29(28)39)40-37(48)44-21-31-27(26-11-4-5-12-30(26)41-31)19-33(44)35(46)43-17-7-13-32(43)34(45)42-16-6-10-24(20-42)36(47)49-22-23-8-2-1-3-9-23/h1-5,8-9,11-12,14-15,18,24,32-33,41H,6-7,10,13,16-17,19-22H2,(H,40,48)/t24?,32-,33+/m0/s1. The van der Waals surface area contributed by atoms with Gasteiger partial charge in [0.05, 0.1) is 22.5 Å². The predicted molar refractivity (Wildman–Crippen MR) is 187 cm³/mol. The van der Waals surface area contributed by atoms with Gasteiger partial charge in [-0.25, -0.2) is 4.79 Å². The zero-order valence-electron chi connectivity index (χ0n) is 26.9. The van der Waals surface area contributed by atoms with Crippen LogP contribution in [-0.4, -0.2) is 75.2 Å². The van der Waals surface area contributed by atoms with E-state index in [0.29, 0.717) is 60.9 Å². The summed E-state index contributed by atoms with van der Waals surface area (Å²) in [6.07, 6.45) is 2.79. The highest BCUT2D eigenvalue weighted by Crippen LogP contribution is 2.34. The average molecular weight is 703 g/mol. The number of urea groups is 1. The fourth-order valence-corrected chi connectivity index (χ4v) is 7.61. The smallest absolute Gasteiger partial charge is 0.322 e. The minimum Gasteiger partial charge on any atom is -0.461 e. The summed E-state index contributed by atoms with van der Waals surface area (Å²) in [4.78, 5) is 63.8. The minimum absolute atomic E-state index is 0.165. The number of esters is 1.